The van der Waals surface area contributed by atoms with E-state index in [1.54, 1.807) is 30.3 Å². The van der Waals surface area contributed by atoms with Crippen LogP contribution in [0.3, 0.4) is 0 Å². The lowest BCUT2D eigenvalue weighted by molar-refractivity contribution is -0.115. The number of thioether (sulfide) groups is 1. The average Bonchev–Trinajstić information content (AvgIpc) is 2.98. The maximum atomic E-state index is 13.1. The molecule has 2 heterocycles. The minimum atomic E-state index is -1.58. The maximum absolute atomic E-state index is 13.1. The topological polar surface area (TPSA) is 82.1 Å². The highest BCUT2D eigenvalue weighted by Crippen LogP contribution is 2.31. The van der Waals surface area contributed by atoms with Gasteiger partial charge in [0.15, 0.2) is 4.90 Å². The standard InChI is InChI=1S/C19H11ClN2O3S2/c20-13-5-7-14(8-6-13)27(25)18-12(10-16-17(23)22-19(24)26-16)9-11-3-1-2-4-15(11)21-18/h1-10H,(H,22,23,24). The highest BCUT2D eigenvalue weighted by atomic mass is 35.5. The largest absolute Gasteiger partial charge is 0.605 e. The lowest BCUT2D eigenvalue weighted by Gasteiger charge is -2.12. The Balaban J connectivity index is 1.87. The summed E-state index contributed by atoms with van der Waals surface area (Å²) in [5.41, 5.74) is 1.21. The fourth-order valence-electron chi connectivity index (χ4n) is 2.60. The van der Waals surface area contributed by atoms with Crippen LogP contribution in [0.25, 0.3) is 17.0 Å². The summed E-state index contributed by atoms with van der Waals surface area (Å²) in [5.74, 6) is -0.471. The van der Waals surface area contributed by atoms with Crippen molar-refractivity contribution in [3.05, 3.63) is 70.1 Å². The Hall–Kier alpha value is -2.32. The van der Waals surface area contributed by atoms with Gasteiger partial charge in [-0.1, -0.05) is 29.8 Å². The summed E-state index contributed by atoms with van der Waals surface area (Å²) < 4.78 is 13.1. The number of pyridine rings is 1. The van der Waals surface area contributed by atoms with E-state index in [0.29, 0.717) is 26.0 Å². The minimum absolute atomic E-state index is 0.242. The highest BCUT2D eigenvalue weighted by molar-refractivity contribution is 8.18. The van der Waals surface area contributed by atoms with Crippen molar-refractivity contribution in [2.24, 2.45) is 0 Å². The molecule has 0 bridgehead atoms. The van der Waals surface area contributed by atoms with E-state index in [0.717, 1.165) is 17.1 Å². The summed E-state index contributed by atoms with van der Waals surface area (Å²) in [5, 5.41) is 3.49. The SMILES string of the molecule is O=C1NC(=O)C(=Cc2cc3ccccc3nc2[S+]([O-])c2ccc(Cl)cc2)S1. The molecule has 4 rings (SSSR count). The van der Waals surface area contributed by atoms with E-state index >= 15 is 0 Å². The molecule has 1 atom stereocenters. The van der Waals surface area contributed by atoms with Crippen molar-refractivity contribution < 1.29 is 14.1 Å². The molecule has 8 heteroatoms. The zero-order valence-electron chi connectivity index (χ0n) is 13.6. The molecular weight excluding hydrogens is 404 g/mol. The Kier molecular flexibility index (Phi) is 4.92. The van der Waals surface area contributed by atoms with Gasteiger partial charge in [0.25, 0.3) is 16.2 Å². The number of halogens is 1. The second-order valence-corrected chi connectivity index (χ2v) is 8.50. The molecule has 1 aliphatic heterocycles. The minimum Gasteiger partial charge on any atom is -0.605 e. The third kappa shape index (κ3) is 3.72. The van der Waals surface area contributed by atoms with Crippen LogP contribution in [-0.4, -0.2) is 20.7 Å². The van der Waals surface area contributed by atoms with E-state index in [1.165, 1.54) is 0 Å². The molecule has 5 nitrogen and oxygen atoms in total. The molecule has 1 aliphatic rings. The van der Waals surface area contributed by atoms with E-state index in [1.807, 2.05) is 30.3 Å². The van der Waals surface area contributed by atoms with Crippen LogP contribution in [0.1, 0.15) is 5.56 Å². The molecule has 0 saturated carbocycles. The van der Waals surface area contributed by atoms with Gasteiger partial charge in [-0.2, -0.15) is 0 Å². The van der Waals surface area contributed by atoms with Crippen LogP contribution in [0.2, 0.25) is 5.02 Å². The summed E-state index contributed by atoms with van der Waals surface area (Å²) in [6.07, 6.45) is 1.55. The van der Waals surface area contributed by atoms with Crippen LogP contribution >= 0.6 is 23.4 Å². The van der Waals surface area contributed by atoms with Gasteiger partial charge in [0.05, 0.1) is 16.0 Å². The van der Waals surface area contributed by atoms with Crippen LogP contribution in [0.15, 0.2) is 69.4 Å². The van der Waals surface area contributed by atoms with Gasteiger partial charge in [-0.15, -0.1) is 0 Å². The van der Waals surface area contributed by atoms with Crippen molar-refractivity contribution in [2.75, 3.05) is 0 Å². The normalized spacial score (nSPS) is 16.7. The summed E-state index contributed by atoms with van der Waals surface area (Å²) in [7, 11) is 0. The molecule has 1 unspecified atom stereocenters. The van der Waals surface area contributed by atoms with Crippen LogP contribution in [0.5, 0.6) is 0 Å². The number of aromatic nitrogens is 1. The monoisotopic (exact) mass is 414 g/mol. The smallest absolute Gasteiger partial charge is 0.290 e. The van der Waals surface area contributed by atoms with Gasteiger partial charge in [-0.3, -0.25) is 14.9 Å². The van der Waals surface area contributed by atoms with E-state index < -0.39 is 22.3 Å². The number of rotatable bonds is 3. The molecule has 0 aliphatic carbocycles. The summed E-state index contributed by atoms with van der Waals surface area (Å²) in [6.45, 7) is 0. The number of carbonyl (C=O) groups excluding carboxylic acids is 2. The first-order valence-electron chi connectivity index (χ1n) is 7.83. The number of imide groups is 1. The molecule has 0 spiro atoms. The number of nitrogens with one attached hydrogen (secondary N) is 1. The van der Waals surface area contributed by atoms with Gasteiger partial charge in [-0.25, -0.2) is 4.98 Å². The summed E-state index contributed by atoms with van der Waals surface area (Å²) in [6, 6.07) is 15.9. The third-order valence-electron chi connectivity index (χ3n) is 3.85. The van der Waals surface area contributed by atoms with Crippen molar-refractivity contribution in [1.82, 2.24) is 10.3 Å². The summed E-state index contributed by atoms with van der Waals surface area (Å²) in [4.78, 5) is 28.7. The molecular formula is C19H11ClN2O3S2. The molecule has 134 valence electrons. The van der Waals surface area contributed by atoms with Gasteiger partial charge in [0, 0.05) is 21.6 Å². The third-order valence-corrected chi connectivity index (χ3v) is 6.29. The molecule has 1 aromatic heterocycles. The molecule has 1 saturated heterocycles. The number of nitrogens with zero attached hydrogens (tertiary/aromatic N) is 1. The lowest BCUT2D eigenvalue weighted by atomic mass is 10.1. The molecule has 2 amide bonds. The van der Waals surface area contributed by atoms with E-state index in [9.17, 15) is 14.1 Å². The van der Waals surface area contributed by atoms with Gasteiger partial charge in [-0.05, 0) is 54.2 Å². The number of hydrogen-bond donors (Lipinski definition) is 1. The van der Waals surface area contributed by atoms with Crippen LogP contribution < -0.4 is 5.32 Å². The van der Waals surface area contributed by atoms with Gasteiger partial charge < -0.3 is 4.55 Å². The van der Waals surface area contributed by atoms with Gasteiger partial charge in [0.1, 0.15) is 0 Å². The van der Waals surface area contributed by atoms with E-state index in [-0.39, 0.29) is 4.91 Å². The van der Waals surface area contributed by atoms with E-state index in [4.69, 9.17) is 11.6 Å². The van der Waals surface area contributed by atoms with Crippen molar-refractivity contribution in [3.8, 4) is 0 Å². The fraction of sp³-hybridized carbons (Fsp3) is 0. The quantitative estimate of drug-likeness (QED) is 0.508. The van der Waals surface area contributed by atoms with Crippen LogP contribution in [-0.2, 0) is 16.0 Å². The second kappa shape index (κ2) is 7.36. The fourth-order valence-corrected chi connectivity index (χ4v) is 4.52. The first-order chi connectivity index (χ1) is 13.0. The predicted octanol–water partition coefficient (Wildman–Crippen LogP) is 4.38. The predicted molar refractivity (Wildman–Crippen MR) is 107 cm³/mol. The number of para-hydroxylation sites is 1. The van der Waals surface area contributed by atoms with Crippen LogP contribution in [0.4, 0.5) is 4.79 Å². The van der Waals surface area contributed by atoms with Crippen molar-refractivity contribution in [3.63, 3.8) is 0 Å². The Morgan fingerprint density at radius 3 is 2.56 bits per heavy atom. The molecule has 1 fully saturated rings. The first kappa shape index (κ1) is 18.1. The van der Waals surface area contributed by atoms with Crippen molar-refractivity contribution in [1.29, 1.82) is 0 Å². The molecule has 2 aromatic carbocycles. The Morgan fingerprint density at radius 2 is 1.85 bits per heavy atom. The van der Waals surface area contributed by atoms with Crippen molar-refractivity contribution >= 4 is 62.7 Å². The Bertz CT molecular complexity index is 1100. The van der Waals surface area contributed by atoms with Gasteiger partial charge in [0.2, 0.25) is 0 Å². The Labute approximate surface area is 167 Å². The first-order valence-corrected chi connectivity index (χ1v) is 10.2. The highest BCUT2D eigenvalue weighted by Gasteiger charge is 2.28. The second-order valence-electron chi connectivity index (χ2n) is 5.65. The summed E-state index contributed by atoms with van der Waals surface area (Å²) >= 11 is 5.14. The van der Waals surface area contributed by atoms with Gasteiger partial charge >= 0.3 is 0 Å². The van der Waals surface area contributed by atoms with Crippen LogP contribution in [0, 0.1) is 0 Å². The molecule has 1 N–H and O–H groups in total. The number of benzene rings is 2. The zero-order chi connectivity index (χ0) is 19.0. The zero-order valence-corrected chi connectivity index (χ0v) is 16.0. The number of hydrogen-bond acceptors (Lipinski definition) is 5. The molecule has 3 aromatic rings. The maximum Gasteiger partial charge on any atom is 0.290 e. The number of carbonyl (C=O) groups is 2. The number of fused-ring (bicyclic) bond motifs is 1. The molecule has 27 heavy (non-hydrogen) atoms. The van der Waals surface area contributed by atoms with E-state index in [2.05, 4.69) is 10.3 Å². The lowest BCUT2D eigenvalue weighted by Crippen LogP contribution is -2.17. The van der Waals surface area contributed by atoms with Crippen molar-refractivity contribution in [2.45, 2.75) is 9.92 Å². The molecule has 0 radical (unpaired) electrons. The Morgan fingerprint density at radius 1 is 1.11 bits per heavy atom. The number of amides is 2. The average molecular weight is 415 g/mol.